The van der Waals surface area contributed by atoms with Crippen molar-refractivity contribution >= 4 is 0 Å². The van der Waals surface area contributed by atoms with Gasteiger partial charge in [-0.1, -0.05) is 35.9 Å². The molecule has 2 aliphatic rings. The zero-order valence-corrected chi connectivity index (χ0v) is 13.0. The number of ether oxygens (including phenoxy) is 1. The minimum Gasteiger partial charge on any atom is -0.377 e. The highest BCUT2D eigenvalue weighted by Crippen LogP contribution is 2.37. The number of hydrogen-bond donors (Lipinski definition) is 1. The van der Waals surface area contributed by atoms with Crippen molar-refractivity contribution in [2.45, 2.75) is 32.3 Å². The number of fused-ring (bicyclic) bond motifs is 3. The Morgan fingerprint density at radius 3 is 3.05 bits per heavy atom. The summed E-state index contributed by atoms with van der Waals surface area (Å²) >= 11 is 0. The molecule has 1 unspecified atom stereocenters. The molecule has 1 heterocycles. The Morgan fingerprint density at radius 1 is 1.36 bits per heavy atom. The Morgan fingerprint density at radius 2 is 2.27 bits per heavy atom. The van der Waals surface area contributed by atoms with Crippen LogP contribution in [-0.2, 0) is 17.6 Å². The number of methoxy groups -OCH3 is 1. The minimum absolute atomic E-state index is 0.225. The number of benzene rings is 1. The Labute approximate surface area is 130 Å². The van der Waals surface area contributed by atoms with E-state index in [0.29, 0.717) is 0 Å². The van der Waals surface area contributed by atoms with Gasteiger partial charge in [0, 0.05) is 36.8 Å². The Kier molecular flexibility index (Phi) is 3.23. The maximum atomic E-state index is 5.35. The molecule has 0 spiro atoms. The van der Waals surface area contributed by atoms with Crippen LogP contribution in [0.2, 0.25) is 0 Å². The maximum absolute atomic E-state index is 5.35. The molecule has 1 aromatic carbocycles. The first-order chi connectivity index (χ1) is 10.7. The Balaban J connectivity index is 1.60. The van der Waals surface area contributed by atoms with E-state index in [1.165, 1.54) is 33.5 Å². The summed E-state index contributed by atoms with van der Waals surface area (Å²) in [6, 6.07) is 6.67. The van der Waals surface area contributed by atoms with Crippen LogP contribution in [0, 0.1) is 6.92 Å². The molecule has 1 atom stereocenters. The number of nitrogens with zero attached hydrogens (tertiary/aromatic N) is 1. The first-order valence-electron chi connectivity index (χ1n) is 7.80. The summed E-state index contributed by atoms with van der Waals surface area (Å²) in [5.41, 5.74) is 9.07. The van der Waals surface area contributed by atoms with Gasteiger partial charge in [-0.15, -0.1) is 0 Å². The molecule has 112 valence electrons. The number of aromatic nitrogens is 2. The van der Waals surface area contributed by atoms with Crippen LogP contribution >= 0.6 is 0 Å². The van der Waals surface area contributed by atoms with Crippen molar-refractivity contribution in [2.24, 2.45) is 0 Å². The van der Waals surface area contributed by atoms with Gasteiger partial charge in [0.1, 0.15) is 0 Å². The summed E-state index contributed by atoms with van der Waals surface area (Å²) in [5, 5.41) is 7.83. The second-order valence-electron chi connectivity index (χ2n) is 6.19. The molecule has 0 bridgehead atoms. The lowest BCUT2D eigenvalue weighted by molar-refractivity contribution is 0.142. The van der Waals surface area contributed by atoms with Crippen LogP contribution in [0.25, 0.3) is 11.3 Å². The Bertz CT molecular complexity index is 783. The van der Waals surface area contributed by atoms with Crippen LogP contribution in [0.5, 0.6) is 0 Å². The number of hydrogen-bond acceptors (Lipinski definition) is 2. The van der Waals surface area contributed by atoms with Crippen molar-refractivity contribution in [2.75, 3.05) is 7.11 Å². The average Bonchev–Trinajstić information content (AvgIpc) is 3.08. The van der Waals surface area contributed by atoms with Gasteiger partial charge >= 0.3 is 0 Å². The van der Waals surface area contributed by atoms with Crippen molar-refractivity contribution in [1.29, 1.82) is 0 Å². The third-order valence-corrected chi connectivity index (χ3v) is 4.66. The van der Waals surface area contributed by atoms with E-state index in [0.717, 1.165) is 25.0 Å². The fourth-order valence-electron chi connectivity index (χ4n) is 3.37. The van der Waals surface area contributed by atoms with E-state index in [9.17, 15) is 0 Å². The van der Waals surface area contributed by atoms with Gasteiger partial charge in [0.25, 0.3) is 0 Å². The smallest absolute Gasteiger partial charge is 0.0961 e. The summed E-state index contributed by atoms with van der Waals surface area (Å²) in [7, 11) is 1.76. The first-order valence-corrected chi connectivity index (χ1v) is 7.80. The van der Waals surface area contributed by atoms with Gasteiger partial charge in [0.15, 0.2) is 0 Å². The Hall–Kier alpha value is -2.13. The maximum Gasteiger partial charge on any atom is 0.0961 e. The van der Waals surface area contributed by atoms with Gasteiger partial charge in [-0.2, -0.15) is 5.10 Å². The summed E-state index contributed by atoms with van der Waals surface area (Å²) in [6.07, 6.45) is 9.69. The monoisotopic (exact) mass is 292 g/mol. The molecule has 0 amide bonds. The molecule has 2 aromatic rings. The zero-order chi connectivity index (χ0) is 15.1. The molecule has 22 heavy (non-hydrogen) atoms. The summed E-state index contributed by atoms with van der Waals surface area (Å²) in [5.74, 6) is 0. The number of H-pyrrole nitrogens is 1. The largest absolute Gasteiger partial charge is 0.377 e. The number of allylic oxidation sites excluding steroid dienone is 2. The highest BCUT2D eigenvalue weighted by molar-refractivity contribution is 5.75. The van der Waals surface area contributed by atoms with Crippen LogP contribution in [0.15, 0.2) is 42.0 Å². The number of aryl methyl sites for hydroxylation is 1. The van der Waals surface area contributed by atoms with Crippen molar-refractivity contribution in [1.82, 2.24) is 10.2 Å². The highest BCUT2D eigenvalue weighted by Gasteiger charge is 2.24. The molecule has 4 rings (SSSR count). The van der Waals surface area contributed by atoms with Gasteiger partial charge in [-0.25, -0.2) is 0 Å². The van der Waals surface area contributed by atoms with Gasteiger partial charge in [0.05, 0.1) is 11.8 Å². The van der Waals surface area contributed by atoms with Crippen LogP contribution in [0.4, 0.5) is 0 Å². The van der Waals surface area contributed by atoms with E-state index < -0.39 is 0 Å². The van der Waals surface area contributed by atoms with Crippen molar-refractivity contribution < 1.29 is 4.74 Å². The third-order valence-electron chi connectivity index (χ3n) is 4.66. The molecule has 0 fully saturated rings. The fraction of sp³-hybridized carbons (Fsp3) is 0.316. The topological polar surface area (TPSA) is 37.9 Å². The van der Waals surface area contributed by atoms with Crippen molar-refractivity contribution in [3.05, 3.63) is 64.4 Å². The molecule has 1 aromatic heterocycles. The SMILES string of the molecule is COC1C=CC(Cc2[nH]nc3c2Cc2ccc(C)cc2-3)=CC1. The molecule has 0 radical (unpaired) electrons. The quantitative estimate of drug-likeness (QED) is 0.798. The number of aromatic amines is 1. The lowest BCUT2D eigenvalue weighted by Crippen LogP contribution is -2.09. The molecule has 0 aliphatic heterocycles. The van der Waals surface area contributed by atoms with Crippen LogP contribution in [0.1, 0.15) is 28.8 Å². The molecule has 2 aliphatic carbocycles. The lowest BCUT2D eigenvalue weighted by Gasteiger charge is -2.14. The zero-order valence-electron chi connectivity index (χ0n) is 13.0. The summed E-state index contributed by atoms with van der Waals surface area (Å²) in [6.45, 7) is 2.13. The number of nitrogens with one attached hydrogen (secondary N) is 1. The average molecular weight is 292 g/mol. The standard InChI is InChI=1S/C19H20N2O/c1-12-3-6-14-11-17-18(20-21-19(17)16(14)9-12)10-13-4-7-15(22-2)8-5-13/h3-7,9,15H,8,10-11H2,1-2H3,(H,20,21). The lowest BCUT2D eigenvalue weighted by atomic mass is 9.99. The third kappa shape index (κ3) is 2.22. The molecular weight excluding hydrogens is 272 g/mol. The van der Waals surface area contributed by atoms with E-state index in [1.54, 1.807) is 7.11 Å². The first kappa shape index (κ1) is 13.5. The van der Waals surface area contributed by atoms with E-state index in [-0.39, 0.29) is 6.10 Å². The van der Waals surface area contributed by atoms with Gasteiger partial charge in [-0.3, -0.25) is 5.10 Å². The van der Waals surface area contributed by atoms with Crippen molar-refractivity contribution in [3.8, 4) is 11.3 Å². The second kappa shape index (κ2) is 5.25. The van der Waals surface area contributed by atoms with Gasteiger partial charge in [0.2, 0.25) is 0 Å². The molecule has 3 heteroatoms. The molecular formula is C19H20N2O. The molecule has 0 saturated heterocycles. The van der Waals surface area contributed by atoms with E-state index in [1.807, 2.05) is 0 Å². The second-order valence-corrected chi connectivity index (χ2v) is 6.19. The van der Waals surface area contributed by atoms with E-state index >= 15 is 0 Å². The fourth-order valence-corrected chi connectivity index (χ4v) is 3.37. The highest BCUT2D eigenvalue weighted by atomic mass is 16.5. The minimum atomic E-state index is 0.225. The molecule has 0 saturated carbocycles. The summed E-state index contributed by atoms with van der Waals surface area (Å²) in [4.78, 5) is 0. The van der Waals surface area contributed by atoms with E-state index in [2.05, 4.69) is 53.5 Å². The molecule has 1 N–H and O–H groups in total. The number of rotatable bonds is 3. The summed E-state index contributed by atoms with van der Waals surface area (Å²) < 4.78 is 5.35. The van der Waals surface area contributed by atoms with Gasteiger partial charge < -0.3 is 4.74 Å². The van der Waals surface area contributed by atoms with Crippen LogP contribution in [0.3, 0.4) is 0 Å². The van der Waals surface area contributed by atoms with E-state index in [4.69, 9.17) is 4.74 Å². The predicted molar refractivity (Wildman–Crippen MR) is 87.9 cm³/mol. The van der Waals surface area contributed by atoms with Crippen LogP contribution < -0.4 is 0 Å². The van der Waals surface area contributed by atoms with Gasteiger partial charge in [-0.05, 0) is 30.5 Å². The predicted octanol–water partition coefficient (Wildman–Crippen LogP) is 3.73. The normalized spacial score (nSPS) is 19.0. The van der Waals surface area contributed by atoms with Crippen LogP contribution in [-0.4, -0.2) is 23.4 Å². The van der Waals surface area contributed by atoms with Crippen molar-refractivity contribution in [3.63, 3.8) is 0 Å². The molecule has 3 nitrogen and oxygen atoms in total.